The summed E-state index contributed by atoms with van der Waals surface area (Å²) in [5.41, 5.74) is 1.99. The standard InChI is InChI=1S/C15H13NO.3C3H9P.Fe/c1-17-15-9-5-8-14(10-15)12-16-11-13-6-3-2-4-7-13;3*1-4(2)3;/h2-6,8-9,12H,11H2,1H3;3*1-3H3;/q-2;;;;+2/p+3. The maximum Gasteiger partial charge on any atom is 2.00 e. The second-order valence-electron chi connectivity index (χ2n) is 8.03. The minimum absolute atomic E-state index is 0. The predicted octanol–water partition coefficient (Wildman–Crippen LogP) is 6.18. The van der Waals surface area contributed by atoms with Gasteiger partial charge < -0.3 is 9.73 Å². The van der Waals surface area contributed by atoms with Gasteiger partial charge in [-0.3, -0.25) is 0 Å². The molecule has 0 saturated heterocycles. The first-order valence-electron chi connectivity index (χ1n) is 9.90. The zero-order chi connectivity index (χ0) is 22.7. The molecule has 30 heavy (non-hydrogen) atoms. The fraction of sp³-hybridized carbons (Fsp3) is 0.458. The van der Waals surface area contributed by atoms with E-state index in [9.17, 15) is 0 Å². The van der Waals surface area contributed by atoms with Gasteiger partial charge in [0, 0.05) is 72.3 Å². The topological polar surface area (TPSA) is 21.6 Å². The van der Waals surface area contributed by atoms with Crippen LogP contribution in [0.15, 0.2) is 47.5 Å². The van der Waals surface area contributed by atoms with Crippen LogP contribution in [0.5, 0.6) is 5.75 Å². The number of aliphatic imine (C=N–C) groups is 1. The summed E-state index contributed by atoms with van der Waals surface area (Å²) in [5.74, 6) is 0.722. The Labute approximate surface area is 201 Å². The molecule has 0 fully saturated rings. The maximum absolute atomic E-state index is 5.10. The van der Waals surface area contributed by atoms with Gasteiger partial charge in [-0.15, -0.1) is 29.3 Å². The van der Waals surface area contributed by atoms with E-state index in [1.165, 1.54) is 0 Å². The third-order valence-electron chi connectivity index (χ3n) is 2.28. The van der Waals surface area contributed by atoms with Crippen molar-refractivity contribution in [1.82, 2.24) is 0 Å². The average Bonchev–Trinajstić information content (AvgIpc) is 2.61. The number of nitrogens with zero attached hydrogens (tertiary/aromatic N) is 1. The van der Waals surface area contributed by atoms with E-state index >= 15 is 0 Å². The number of hydrogen-bond acceptors (Lipinski definition) is 2. The number of ether oxygens (including phenoxy) is 1. The molecule has 2 aromatic rings. The third kappa shape index (κ3) is 29.9. The van der Waals surface area contributed by atoms with E-state index in [0.717, 1.165) is 16.9 Å². The molecule has 0 aromatic heterocycles. The Morgan fingerprint density at radius 1 is 0.833 bits per heavy atom. The van der Waals surface area contributed by atoms with Crippen LogP contribution in [-0.4, -0.2) is 73.3 Å². The summed E-state index contributed by atoms with van der Waals surface area (Å²) in [7, 11) is 1.99. The van der Waals surface area contributed by atoms with Crippen molar-refractivity contribution in [3.8, 4) is 5.75 Å². The van der Waals surface area contributed by atoms with Gasteiger partial charge in [-0.05, 0) is 23.8 Å². The Morgan fingerprint density at radius 3 is 1.80 bits per heavy atom. The van der Waals surface area contributed by atoms with Gasteiger partial charge >= 0.3 is 17.1 Å². The predicted molar refractivity (Wildman–Crippen MR) is 147 cm³/mol. The van der Waals surface area contributed by atoms with E-state index in [0.29, 0.717) is 6.54 Å². The molecular formula is C24H43FeNOP3+3. The van der Waals surface area contributed by atoms with E-state index in [2.05, 4.69) is 77.1 Å². The van der Waals surface area contributed by atoms with Crippen molar-refractivity contribution in [3.05, 3.63) is 65.7 Å². The van der Waals surface area contributed by atoms with Crippen molar-refractivity contribution in [2.75, 3.05) is 67.1 Å². The van der Waals surface area contributed by atoms with Gasteiger partial charge in [0.15, 0.2) is 0 Å². The van der Waals surface area contributed by atoms with Crippen molar-refractivity contribution in [2.45, 2.75) is 6.54 Å². The molecule has 0 radical (unpaired) electrons. The molecule has 0 heterocycles. The molecule has 0 spiro atoms. The minimum Gasteiger partial charge on any atom is -0.516 e. The van der Waals surface area contributed by atoms with Crippen LogP contribution in [0.1, 0.15) is 11.1 Å². The molecule has 0 saturated carbocycles. The monoisotopic (exact) mass is 510 g/mol. The molecule has 0 aliphatic carbocycles. The summed E-state index contributed by atoms with van der Waals surface area (Å²) in [4.78, 5) is 4.34. The fourth-order valence-electron chi connectivity index (χ4n) is 1.43. The number of hydrogen-bond donors (Lipinski definition) is 0. The minimum atomic E-state index is 0. The Morgan fingerprint density at radius 2 is 1.37 bits per heavy atom. The average molecular weight is 510 g/mol. The molecule has 0 atom stereocenters. The summed E-state index contributed by atoms with van der Waals surface area (Å²) in [6.45, 7) is 21.0. The van der Waals surface area contributed by atoms with Crippen molar-refractivity contribution in [2.24, 2.45) is 4.99 Å². The quantitative estimate of drug-likeness (QED) is 0.208. The largest absolute Gasteiger partial charge is 2.00 e. The van der Waals surface area contributed by atoms with E-state index in [1.807, 2.05) is 42.5 Å². The molecule has 0 aliphatic rings. The third-order valence-corrected chi connectivity index (χ3v) is 2.28. The summed E-state index contributed by atoms with van der Waals surface area (Å²) >= 11 is 0. The van der Waals surface area contributed by atoms with Gasteiger partial charge in [-0.2, -0.15) is 30.3 Å². The van der Waals surface area contributed by atoms with E-state index in [4.69, 9.17) is 4.74 Å². The number of benzene rings is 2. The van der Waals surface area contributed by atoms with Gasteiger partial charge in [-0.1, -0.05) is 12.3 Å². The van der Waals surface area contributed by atoms with Gasteiger partial charge in [0.25, 0.3) is 0 Å². The van der Waals surface area contributed by atoms with Gasteiger partial charge in [-0.25, -0.2) is 0 Å². The molecule has 2 aromatic carbocycles. The van der Waals surface area contributed by atoms with Crippen LogP contribution in [-0.2, 0) is 23.6 Å². The molecule has 2 rings (SSSR count). The zero-order valence-corrected chi connectivity index (χ0v) is 24.6. The SMILES string of the molecule is COc1[c-]c(C=NCc2[c-]cccc2)ccc1.C[PH+](C)C.C[PH+](C)C.C[PH+](C)C.[Fe+2]. The van der Waals surface area contributed by atoms with Gasteiger partial charge in [0.05, 0.1) is 7.11 Å². The first kappa shape index (κ1) is 34.3. The van der Waals surface area contributed by atoms with E-state index in [-0.39, 0.29) is 40.8 Å². The summed E-state index contributed by atoms with van der Waals surface area (Å²) in [6, 6.07) is 19.8. The van der Waals surface area contributed by atoms with E-state index in [1.54, 1.807) is 13.3 Å². The molecule has 0 unspecified atom stereocenters. The Balaban J connectivity index is -0.000000467. The summed E-state index contributed by atoms with van der Waals surface area (Å²) in [6.07, 6.45) is 1.80. The van der Waals surface area contributed by atoms with Crippen LogP contribution in [0, 0.1) is 12.1 Å². The van der Waals surface area contributed by atoms with Crippen molar-refractivity contribution in [3.63, 3.8) is 0 Å². The molecule has 170 valence electrons. The normalized spacial score (nSPS) is 9.63. The molecule has 2 nitrogen and oxygen atoms in total. The zero-order valence-electron chi connectivity index (χ0n) is 20.5. The fourth-order valence-corrected chi connectivity index (χ4v) is 1.43. The number of methoxy groups -OCH3 is 1. The Hall–Kier alpha value is -0.281. The van der Waals surface area contributed by atoms with Crippen LogP contribution in [0.3, 0.4) is 0 Å². The maximum atomic E-state index is 5.10. The van der Waals surface area contributed by atoms with Crippen molar-refractivity contribution < 1.29 is 21.8 Å². The molecule has 6 heteroatoms. The van der Waals surface area contributed by atoms with Crippen molar-refractivity contribution in [1.29, 1.82) is 0 Å². The van der Waals surface area contributed by atoms with E-state index < -0.39 is 0 Å². The van der Waals surface area contributed by atoms with Crippen LogP contribution in [0.25, 0.3) is 0 Å². The number of rotatable bonds is 4. The van der Waals surface area contributed by atoms with Crippen LogP contribution in [0.2, 0.25) is 0 Å². The first-order valence-corrected chi connectivity index (χ1v) is 18.9. The van der Waals surface area contributed by atoms with Crippen LogP contribution in [0.4, 0.5) is 0 Å². The molecule has 0 bridgehead atoms. The molecule has 0 aliphatic heterocycles. The Bertz CT molecular complexity index is 613. The summed E-state index contributed by atoms with van der Waals surface area (Å²) < 4.78 is 5.10. The van der Waals surface area contributed by atoms with Crippen LogP contribution < -0.4 is 4.74 Å². The molecular weight excluding hydrogens is 467 g/mol. The van der Waals surface area contributed by atoms with Gasteiger partial charge in [0.2, 0.25) is 0 Å². The first-order chi connectivity index (χ1) is 13.6. The second-order valence-corrected chi connectivity index (χ2v) is 17.0. The second kappa shape index (κ2) is 23.4. The summed E-state index contributed by atoms with van der Waals surface area (Å²) in [5, 5.41) is 0. The smallest absolute Gasteiger partial charge is 0.516 e. The molecule has 0 amide bonds. The van der Waals surface area contributed by atoms with Crippen molar-refractivity contribution >= 4 is 30.0 Å². The van der Waals surface area contributed by atoms with Gasteiger partial charge in [0.1, 0.15) is 0 Å². The molecule has 0 N–H and O–H groups in total. The Kier molecular flexibility index (Phi) is 26.8. The van der Waals surface area contributed by atoms with Crippen LogP contribution >= 0.6 is 23.8 Å².